The number of likely N-dealkylation sites (tertiary alicyclic amines) is 2. The molecule has 1 atom stereocenters. The second-order valence-corrected chi connectivity index (χ2v) is 9.22. The fourth-order valence-corrected chi connectivity index (χ4v) is 4.82. The van der Waals surface area contributed by atoms with Gasteiger partial charge in [0.1, 0.15) is 5.76 Å². The first kappa shape index (κ1) is 25.0. The fourth-order valence-electron chi connectivity index (χ4n) is 4.82. The van der Waals surface area contributed by atoms with E-state index in [1.807, 2.05) is 38.8 Å². The van der Waals surface area contributed by atoms with Crippen LogP contribution in [-0.2, 0) is 20.0 Å². The first-order valence-corrected chi connectivity index (χ1v) is 11.6. The maximum Gasteiger partial charge on any atom is 0.208 e. The van der Waals surface area contributed by atoms with E-state index in [2.05, 4.69) is 36.4 Å². The van der Waals surface area contributed by atoms with Crippen molar-refractivity contribution in [3.63, 3.8) is 0 Å². The molecular formula is C23H38IN7O. The standard InChI is InChI=1S/C23H37N7O.HI/c1-17-18(2)31-22(27-17)16-29-8-5-19(6-9-29)12-25-23(24-3)30-10-7-20(15-30)11-21-13-26-28(4)14-21;/h13-14,19-20H,5-12,15-16H2,1-4H3,(H,24,25);1H. The van der Waals surface area contributed by atoms with Crippen molar-refractivity contribution in [2.45, 2.75) is 46.1 Å². The van der Waals surface area contributed by atoms with Crippen LogP contribution in [0.4, 0.5) is 0 Å². The number of nitrogens with one attached hydrogen (secondary N) is 1. The third kappa shape index (κ3) is 6.46. The topological polar surface area (TPSA) is 74.7 Å². The van der Waals surface area contributed by atoms with Crippen LogP contribution < -0.4 is 5.32 Å². The molecule has 32 heavy (non-hydrogen) atoms. The summed E-state index contributed by atoms with van der Waals surface area (Å²) in [7, 11) is 3.89. The predicted octanol–water partition coefficient (Wildman–Crippen LogP) is 2.99. The van der Waals surface area contributed by atoms with Crippen molar-refractivity contribution in [1.82, 2.24) is 29.9 Å². The Kier molecular flexibility index (Phi) is 8.98. The molecule has 0 aromatic carbocycles. The minimum Gasteiger partial charge on any atom is -0.444 e. The molecule has 2 aromatic rings. The summed E-state index contributed by atoms with van der Waals surface area (Å²) in [6.45, 7) is 10.2. The molecule has 0 amide bonds. The summed E-state index contributed by atoms with van der Waals surface area (Å²) < 4.78 is 7.64. The summed E-state index contributed by atoms with van der Waals surface area (Å²) in [6, 6.07) is 0. The minimum absolute atomic E-state index is 0. The molecule has 0 spiro atoms. The molecule has 2 fully saturated rings. The number of aromatic nitrogens is 3. The summed E-state index contributed by atoms with van der Waals surface area (Å²) in [4.78, 5) is 14.0. The Morgan fingerprint density at radius 2 is 1.94 bits per heavy atom. The molecule has 0 aliphatic carbocycles. The minimum atomic E-state index is 0. The van der Waals surface area contributed by atoms with Crippen molar-refractivity contribution < 1.29 is 4.42 Å². The van der Waals surface area contributed by atoms with Gasteiger partial charge in [-0.1, -0.05) is 0 Å². The van der Waals surface area contributed by atoms with Crippen molar-refractivity contribution in [1.29, 1.82) is 0 Å². The molecule has 1 N–H and O–H groups in total. The lowest BCUT2D eigenvalue weighted by Crippen LogP contribution is -2.44. The van der Waals surface area contributed by atoms with Crippen LogP contribution in [0.25, 0.3) is 0 Å². The predicted molar refractivity (Wildman–Crippen MR) is 137 cm³/mol. The van der Waals surface area contributed by atoms with Crippen LogP contribution in [0.1, 0.15) is 42.2 Å². The Morgan fingerprint density at radius 1 is 1.19 bits per heavy atom. The molecule has 8 nitrogen and oxygen atoms in total. The van der Waals surface area contributed by atoms with Crippen LogP contribution >= 0.6 is 24.0 Å². The summed E-state index contributed by atoms with van der Waals surface area (Å²) in [6.07, 6.45) is 8.84. The van der Waals surface area contributed by atoms with E-state index in [1.165, 1.54) is 24.8 Å². The zero-order chi connectivity index (χ0) is 21.8. The van der Waals surface area contributed by atoms with Crippen LogP contribution in [0.3, 0.4) is 0 Å². The number of aliphatic imine (C=N–C) groups is 1. The Bertz CT molecular complexity index is 865. The molecule has 0 bridgehead atoms. The SMILES string of the molecule is CN=C(NCC1CCN(Cc2nc(C)c(C)o2)CC1)N1CCC(Cc2cnn(C)c2)C1.I. The number of guanidine groups is 1. The van der Waals surface area contributed by atoms with E-state index in [0.717, 1.165) is 69.0 Å². The van der Waals surface area contributed by atoms with Gasteiger partial charge in [-0.15, -0.1) is 24.0 Å². The molecule has 4 rings (SSSR count). The van der Waals surface area contributed by atoms with Gasteiger partial charge in [0, 0.05) is 39.9 Å². The van der Waals surface area contributed by atoms with Crippen LogP contribution in [0.2, 0.25) is 0 Å². The molecule has 2 aliphatic heterocycles. The third-order valence-corrected chi connectivity index (χ3v) is 6.77. The number of aryl methyl sites for hydroxylation is 3. The number of hydrogen-bond donors (Lipinski definition) is 1. The number of nitrogens with zero attached hydrogens (tertiary/aromatic N) is 6. The maximum atomic E-state index is 5.75. The Hall–Kier alpha value is -1.62. The number of oxazole rings is 1. The van der Waals surface area contributed by atoms with Crippen molar-refractivity contribution in [2.24, 2.45) is 23.9 Å². The summed E-state index contributed by atoms with van der Waals surface area (Å²) in [5.74, 6) is 4.21. The van der Waals surface area contributed by atoms with Crippen LogP contribution in [0.15, 0.2) is 21.8 Å². The largest absolute Gasteiger partial charge is 0.444 e. The van der Waals surface area contributed by atoms with Gasteiger partial charge in [-0.2, -0.15) is 5.10 Å². The summed E-state index contributed by atoms with van der Waals surface area (Å²) in [5, 5.41) is 7.95. The van der Waals surface area contributed by atoms with E-state index in [0.29, 0.717) is 11.8 Å². The van der Waals surface area contributed by atoms with Gasteiger partial charge >= 0.3 is 0 Å². The van der Waals surface area contributed by atoms with Gasteiger partial charge in [-0.25, -0.2) is 4.98 Å². The molecular weight excluding hydrogens is 517 g/mol. The van der Waals surface area contributed by atoms with Gasteiger partial charge in [0.15, 0.2) is 5.96 Å². The number of rotatable bonds is 6. The Morgan fingerprint density at radius 3 is 2.56 bits per heavy atom. The van der Waals surface area contributed by atoms with Gasteiger partial charge in [-0.3, -0.25) is 14.6 Å². The third-order valence-electron chi connectivity index (χ3n) is 6.77. The number of halogens is 1. The quantitative estimate of drug-likeness (QED) is 0.336. The molecule has 2 aromatic heterocycles. The maximum absolute atomic E-state index is 5.75. The van der Waals surface area contributed by atoms with Crippen LogP contribution in [0.5, 0.6) is 0 Å². The second kappa shape index (κ2) is 11.5. The van der Waals surface area contributed by atoms with Crippen molar-refractivity contribution in [3.05, 3.63) is 35.3 Å². The van der Waals surface area contributed by atoms with Crippen molar-refractivity contribution in [2.75, 3.05) is 39.8 Å². The van der Waals surface area contributed by atoms with Gasteiger partial charge in [0.2, 0.25) is 5.89 Å². The zero-order valence-electron chi connectivity index (χ0n) is 19.9. The normalized spacial score (nSPS) is 20.6. The average molecular weight is 556 g/mol. The van der Waals surface area contributed by atoms with Crippen LogP contribution in [0, 0.1) is 25.7 Å². The van der Waals surface area contributed by atoms with Gasteiger partial charge in [0.05, 0.1) is 18.4 Å². The van der Waals surface area contributed by atoms with E-state index < -0.39 is 0 Å². The summed E-state index contributed by atoms with van der Waals surface area (Å²) >= 11 is 0. The van der Waals surface area contributed by atoms with Crippen molar-refractivity contribution in [3.8, 4) is 0 Å². The molecule has 9 heteroatoms. The van der Waals surface area contributed by atoms with Crippen LogP contribution in [-0.4, -0.2) is 70.3 Å². The first-order valence-electron chi connectivity index (χ1n) is 11.6. The molecule has 0 saturated carbocycles. The van der Waals surface area contributed by atoms with E-state index in [1.54, 1.807) is 0 Å². The molecule has 2 aliphatic rings. The zero-order valence-corrected chi connectivity index (χ0v) is 22.2. The highest BCUT2D eigenvalue weighted by molar-refractivity contribution is 14.0. The van der Waals surface area contributed by atoms with E-state index in [4.69, 9.17) is 4.42 Å². The monoisotopic (exact) mass is 555 g/mol. The van der Waals surface area contributed by atoms with Gasteiger partial charge in [0.25, 0.3) is 0 Å². The fraction of sp³-hybridized carbons (Fsp3) is 0.696. The second-order valence-electron chi connectivity index (χ2n) is 9.22. The highest BCUT2D eigenvalue weighted by atomic mass is 127. The Labute approximate surface area is 208 Å². The van der Waals surface area contributed by atoms with Crippen molar-refractivity contribution >= 4 is 29.9 Å². The smallest absolute Gasteiger partial charge is 0.208 e. The molecule has 0 radical (unpaired) electrons. The molecule has 1 unspecified atom stereocenters. The molecule has 4 heterocycles. The van der Waals surface area contributed by atoms with E-state index in [9.17, 15) is 0 Å². The Balaban J connectivity index is 0.00000289. The first-order chi connectivity index (χ1) is 15.0. The van der Waals surface area contributed by atoms with Gasteiger partial charge in [-0.05, 0) is 70.0 Å². The van der Waals surface area contributed by atoms with E-state index in [-0.39, 0.29) is 24.0 Å². The summed E-state index contributed by atoms with van der Waals surface area (Å²) in [5.41, 5.74) is 2.34. The van der Waals surface area contributed by atoms with E-state index >= 15 is 0 Å². The lowest BCUT2D eigenvalue weighted by Gasteiger charge is -2.32. The van der Waals surface area contributed by atoms with Gasteiger partial charge < -0.3 is 14.6 Å². The molecule has 178 valence electrons. The molecule has 2 saturated heterocycles. The average Bonchev–Trinajstić information content (AvgIpc) is 3.46. The number of hydrogen-bond acceptors (Lipinski definition) is 5. The lowest BCUT2D eigenvalue weighted by atomic mass is 9.97. The lowest BCUT2D eigenvalue weighted by molar-refractivity contribution is 0.163. The highest BCUT2D eigenvalue weighted by Gasteiger charge is 2.26. The number of piperidine rings is 1. The highest BCUT2D eigenvalue weighted by Crippen LogP contribution is 2.22.